The quantitative estimate of drug-likeness (QED) is 0.825. The molecular formula is C12H16N4O. The number of rotatable bonds is 3. The lowest BCUT2D eigenvalue weighted by Crippen LogP contribution is -2.30. The van der Waals surface area contributed by atoms with E-state index in [1.165, 1.54) is 0 Å². The Morgan fingerprint density at radius 1 is 1.71 bits per heavy atom. The fraction of sp³-hybridized carbons (Fsp3) is 0.500. The molecular weight excluding hydrogens is 216 g/mol. The summed E-state index contributed by atoms with van der Waals surface area (Å²) in [6, 6.07) is 3.79. The lowest BCUT2D eigenvalue weighted by Gasteiger charge is -2.21. The Labute approximate surface area is 101 Å². The van der Waals surface area contributed by atoms with E-state index >= 15 is 0 Å². The molecule has 2 unspecified atom stereocenters. The van der Waals surface area contributed by atoms with Gasteiger partial charge in [-0.25, -0.2) is 4.98 Å². The number of nitrogens with two attached hydrogens (primary N) is 1. The third kappa shape index (κ3) is 2.48. The molecule has 1 saturated heterocycles. The number of ether oxygens (including phenoxy) is 1. The van der Waals surface area contributed by atoms with Crippen LogP contribution in [0.2, 0.25) is 0 Å². The van der Waals surface area contributed by atoms with Crippen molar-refractivity contribution in [2.45, 2.75) is 31.9 Å². The molecule has 5 heteroatoms. The van der Waals surface area contributed by atoms with Crippen molar-refractivity contribution in [3.63, 3.8) is 0 Å². The first-order valence-electron chi connectivity index (χ1n) is 5.75. The number of hydrogen-bond acceptors (Lipinski definition) is 5. The Kier molecular flexibility index (Phi) is 3.45. The molecule has 0 aromatic carbocycles. The van der Waals surface area contributed by atoms with Crippen LogP contribution in [0.25, 0.3) is 0 Å². The van der Waals surface area contributed by atoms with Gasteiger partial charge in [0.25, 0.3) is 0 Å². The van der Waals surface area contributed by atoms with Crippen molar-refractivity contribution in [1.82, 2.24) is 4.98 Å². The molecule has 1 aromatic heterocycles. The maximum absolute atomic E-state index is 8.88. The Balaban J connectivity index is 2.10. The molecule has 5 nitrogen and oxygen atoms in total. The fourth-order valence-corrected chi connectivity index (χ4v) is 1.99. The molecule has 1 aliphatic rings. The molecule has 17 heavy (non-hydrogen) atoms. The van der Waals surface area contributed by atoms with E-state index in [-0.39, 0.29) is 12.1 Å². The van der Waals surface area contributed by atoms with Crippen LogP contribution < -0.4 is 11.1 Å². The summed E-state index contributed by atoms with van der Waals surface area (Å²) >= 11 is 0. The van der Waals surface area contributed by atoms with Gasteiger partial charge in [-0.2, -0.15) is 5.26 Å². The molecule has 1 fully saturated rings. The van der Waals surface area contributed by atoms with Crippen LogP contribution in [-0.4, -0.2) is 23.7 Å². The lowest BCUT2D eigenvalue weighted by atomic mass is 10.1. The van der Waals surface area contributed by atoms with Crippen molar-refractivity contribution < 1.29 is 4.74 Å². The van der Waals surface area contributed by atoms with E-state index < -0.39 is 0 Å². The topological polar surface area (TPSA) is 84.0 Å². The summed E-state index contributed by atoms with van der Waals surface area (Å²) in [6.45, 7) is 2.86. The first-order chi connectivity index (χ1) is 8.22. The van der Waals surface area contributed by atoms with Crippen LogP contribution in [0.4, 0.5) is 11.5 Å². The third-order valence-electron chi connectivity index (χ3n) is 3.00. The Morgan fingerprint density at radius 3 is 3.18 bits per heavy atom. The van der Waals surface area contributed by atoms with E-state index in [0.29, 0.717) is 17.1 Å². The van der Waals surface area contributed by atoms with Crippen molar-refractivity contribution in [3.8, 4) is 6.07 Å². The molecule has 0 saturated carbocycles. The van der Waals surface area contributed by atoms with E-state index in [9.17, 15) is 0 Å². The normalized spacial score (nSPS) is 20.8. The van der Waals surface area contributed by atoms with Crippen LogP contribution in [0.5, 0.6) is 0 Å². The van der Waals surface area contributed by atoms with E-state index in [0.717, 1.165) is 19.4 Å². The molecule has 0 spiro atoms. The summed E-state index contributed by atoms with van der Waals surface area (Å²) in [5, 5.41) is 12.1. The number of nitrogens with zero attached hydrogens (tertiary/aromatic N) is 2. The Bertz CT molecular complexity index is 435. The highest BCUT2D eigenvalue weighted by atomic mass is 16.5. The maximum atomic E-state index is 8.88. The molecule has 0 aliphatic carbocycles. The predicted molar refractivity (Wildman–Crippen MR) is 65.4 cm³/mol. The highest BCUT2D eigenvalue weighted by Gasteiger charge is 2.23. The number of nitriles is 1. The molecule has 1 aliphatic heterocycles. The van der Waals surface area contributed by atoms with Gasteiger partial charge < -0.3 is 15.8 Å². The van der Waals surface area contributed by atoms with Crippen LogP contribution >= 0.6 is 0 Å². The number of nitrogens with one attached hydrogen (secondary N) is 1. The summed E-state index contributed by atoms with van der Waals surface area (Å²) in [5.74, 6) is 0.562. The second-order valence-electron chi connectivity index (χ2n) is 4.22. The average molecular weight is 232 g/mol. The monoisotopic (exact) mass is 232 g/mol. The lowest BCUT2D eigenvalue weighted by molar-refractivity contribution is 0.0996. The number of anilines is 2. The van der Waals surface area contributed by atoms with Crippen LogP contribution in [0.3, 0.4) is 0 Å². The van der Waals surface area contributed by atoms with Crippen molar-refractivity contribution >= 4 is 11.5 Å². The third-order valence-corrected chi connectivity index (χ3v) is 3.00. The largest absolute Gasteiger partial charge is 0.395 e. The fourth-order valence-electron chi connectivity index (χ4n) is 1.99. The van der Waals surface area contributed by atoms with Gasteiger partial charge in [0, 0.05) is 12.8 Å². The van der Waals surface area contributed by atoms with Gasteiger partial charge in [-0.05, 0) is 25.8 Å². The smallest absolute Gasteiger partial charge is 0.150 e. The summed E-state index contributed by atoms with van der Waals surface area (Å²) in [7, 11) is 0. The van der Waals surface area contributed by atoms with E-state index in [4.69, 9.17) is 15.7 Å². The zero-order chi connectivity index (χ0) is 12.3. The molecule has 0 amide bonds. The molecule has 2 atom stereocenters. The minimum absolute atomic E-state index is 0.140. The average Bonchev–Trinajstić information content (AvgIpc) is 2.85. The van der Waals surface area contributed by atoms with Gasteiger partial charge in [0.1, 0.15) is 6.07 Å². The van der Waals surface area contributed by atoms with Gasteiger partial charge in [-0.15, -0.1) is 0 Å². The second-order valence-corrected chi connectivity index (χ2v) is 4.22. The van der Waals surface area contributed by atoms with Gasteiger partial charge >= 0.3 is 0 Å². The van der Waals surface area contributed by atoms with Gasteiger partial charge in [-0.3, -0.25) is 0 Å². The Morgan fingerprint density at radius 2 is 2.53 bits per heavy atom. The summed E-state index contributed by atoms with van der Waals surface area (Å²) in [4.78, 5) is 4.16. The van der Waals surface area contributed by atoms with Gasteiger partial charge in [-0.1, -0.05) is 0 Å². The highest BCUT2D eigenvalue weighted by Crippen LogP contribution is 2.23. The van der Waals surface area contributed by atoms with Crippen LogP contribution in [0.1, 0.15) is 25.3 Å². The molecule has 2 heterocycles. The number of nitrogen functional groups attached to an aromatic ring is 1. The standard InChI is InChI=1S/C12H16N4O/c1-8(10-3-2-6-17-10)16-12-11(14)9(7-13)4-5-15-12/h4-5,8,10H,2-3,6,14H2,1H3,(H,15,16). The number of hydrogen-bond donors (Lipinski definition) is 2. The molecule has 0 bridgehead atoms. The van der Waals surface area contributed by atoms with Gasteiger partial charge in [0.2, 0.25) is 0 Å². The summed E-state index contributed by atoms with van der Waals surface area (Å²) in [6.07, 6.45) is 3.92. The number of aromatic nitrogens is 1. The minimum Gasteiger partial charge on any atom is -0.395 e. The van der Waals surface area contributed by atoms with E-state index in [2.05, 4.69) is 10.3 Å². The SMILES string of the molecule is CC(Nc1nccc(C#N)c1N)C1CCCO1. The maximum Gasteiger partial charge on any atom is 0.150 e. The summed E-state index contributed by atoms with van der Waals surface area (Å²) < 4.78 is 5.59. The second kappa shape index (κ2) is 5.02. The van der Waals surface area contributed by atoms with Crippen molar-refractivity contribution in [2.75, 3.05) is 17.7 Å². The predicted octanol–water partition coefficient (Wildman–Crippen LogP) is 1.51. The Hall–Kier alpha value is -1.80. The number of pyridine rings is 1. The molecule has 90 valence electrons. The van der Waals surface area contributed by atoms with Crippen LogP contribution in [0, 0.1) is 11.3 Å². The van der Waals surface area contributed by atoms with Gasteiger partial charge in [0.05, 0.1) is 23.4 Å². The highest BCUT2D eigenvalue weighted by molar-refractivity contribution is 5.69. The summed E-state index contributed by atoms with van der Waals surface area (Å²) in [5.41, 5.74) is 6.70. The van der Waals surface area contributed by atoms with Gasteiger partial charge in [0.15, 0.2) is 5.82 Å². The van der Waals surface area contributed by atoms with Crippen LogP contribution in [0.15, 0.2) is 12.3 Å². The zero-order valence-electron chi connectivity index (χ0n) is 9.81. The molecule has 2 rings (SSSR count). The van der Waals surface area contributed by atoms with Crippen LogP contribution in [-0.2, 0) is 4.74 Å². The van der Waals surface area contributed by atoms with E-state index in [1.807, 2.05) is 13.0 Å². The first kappa shape index (κ1) is 11.7. The van der Waals surface area contributed by atoms with Crippen molar-refractivity contribution in [1.29, 1.82) is 5.26 Å². The van der Waals surface area contributed by atoms with Crippen molar-refractivity contribution in [2.24, 2.45) is 0 Å². The zero-order valence-corrected chi connectivity index (χ0v) is 9.81. The molecule has 3 N–H and O–H groups in total. The van der Waals surface area contributed by atoms with Crippen molar-refractivity contribution in [3.05, 3.63) is 17.8 Å². The van der Waals surface area contributed by atoms with E-state index in [1.54, 1.807) is 12.3 Å². The minimum atomic E-state index is 0.140. The molecule has 0 radical (unpaired) electrons. The molecule has 1 aromatic rings. The first-order valence-corrected chi connectivity index (χ1v) is 5.75.